The second kappa shape index (κ2) is 2.03. The van der Waals surface area contributed by atoms with E-state index in [1.54, 1.807) is 0 Å². The maximum Gasteiger partial charge on any atom is 0.0379 e. The molecule has 0 bridgehead atoms. The molecule has 0 saturated carbocycles. The van der Waals surface area contributed by atoms with Gasteiger partial charge in [0.25, 0.3) is 0 Å². The molecule has 0 aromatic rings. The third kappa shape index (κ3) is 0.740. The van der Waals surface area contributed by atoms with Crippen molar-refractivity contribution in [2.24, 2.45) is 0 Å². The van der Waals surface area contributed by atoms with E-state index in [4.69, 9.17) is 0 Å². The predicted octanol–water partition coefficient (Wildman–Crippen LogP) is 0.604. The SMILES string of the molecule is CCN1N[C@H](C)C1C. The van der Waals surface area contributed by atoms with E-state index in [2.05, 4.69) is 31.2 Å². The van der Waals surface area contributed by atoms with Crippen LogP contribution in [0.4, 0.5) is 0 Å². The molecule has 1 N–H and O–H groups in total. The third-order valence-corrected chi connectivity index (χ3v) is 1.93. The molecule has 0 amide bonds. The first-order valence-electron chi connectivity index (χ1n) is 3.28. The van der Waals surface area contributed by atoms with Gasteiger partial charge in [-0.05, 0) is 13.8 Å². The highest BCUT2D eigenvalue weighted by molar-refractivity contribution is 4.83. The van der Waals surface area contributed by atoms with E-state index in [1.165, 1.54) is 0 Å². The summed E-state index contributed by atoms with van der Waals surface area (Å²) in [6, 6.07) is 1.43. The molecule has 0 aliphatic carbocycles. The predicted molar refractivity (Wildman–Crippen MR) is 34.4 cm³/mol. The summed E-state index contributed by atoms with van der Waals surface area (Å²) in [7, 11) is 0. The van der Waals surface area contributed by atoms with Crippen molar-refractivity contribution in [1.29, 1.82) is 0 Å². The zero-order chi connectivity index (χ0) is 6.15. The molecule has 2 atom stereocenters. The summed E-state index contributed by atoms with van der Waals surface area (Å²) in [5.74, 6) is 0. The summed E-state index contributed by atoms with van der Waals surface area (Å²) in [4.78, 5) is 0. The zero-order valence-electron chi connectivity index (χ0n) is 5.81. The van der Waals surface area contributed by atoms with E-state index >= 15 is 0 Å². The van der Waals surface area contributed by atoms with Gasteiger partial charge in [-0.1, -0.05) is 6.92 Å². The summed E-state index contributed by atoms with van der Waals surface area (Å²) in [6.07, 6.45) is 0. The number of hydrazine groups is 1. The molecular formula is C6H14N2. The monoisotopic (exact) mass is 114 g/mol. The summed E-state index contributed by atoms with van der Waals surface area (Å²) >= 11 is 0. The van der Waals surface area contributed by atoms with Gasteiger partial charge in [-0.15, -0.1) is 0 Å². The maximum atomic E-state index is 3.28. The van der Waals surface area contributed by atoms with Gasteiger partial charge in [0.05, 0.1) is 0 Å². The molecule has 0 aromatic heterocycles. The van der Waals surface area contributed by atoms with Crippen molar-refractivity contribution < 1.29 is 0 Å². The Balaban J connectivity index is 2.25. The van der Waals surface area contributed by atoms with Crippen molar-refractivity contribution in [3.63, 3.8) is 0 Å². The molecule has 0 radical (unpaired) electrons. The Kier molecular flexibility index (Phi) is 1.54. The number of hydrogen-bond acceptors (Lipinski definition) is 2. The maximum absolute atomic E-state index is 3.28. The molecule has 8 heavy (non-hydrogen) atoms. The third-order valence-electron chi connectivity index (χ3n) is 1.93. The van der Waals surface area contributed by atoms with Crippen LogP contribution in [0.5, 0.6) is 0 Å². The van der Waals surface area contributed by atoms with E-state index < -0.39 is 0 Å². The Morgan fingerprint density at radius 3 is 2.25 bits per heavy atom. The van der Waals surface area contributed by atoms with Crippen LogP contribution in [0.25, 0.3) is 0 Å². The molecule has 1 rings (SSSR count). The lowest BCUT2D eigenvalue weighted by atomic mass is 10.1. The Hall–Kier alpha value is -0.0800. The lowest BCUT2D eigenvalue weighted by Gasteiger charge is -2.45. The largest absolute Gasteiger partial charge is 0.250 e. The lowest BCUT2D eigenvalue weighted by molar-refractivity contribution is -0.00712. The number of likely N-dealkylation sites (N-methyl/N-ethyl adjacent to an activating group) is 1. The Labute approximate surface area is 50.8 Å². The van der Waals surface area contributed by atoms with Gasteiger partial charge in [-0.2, -0.15) is 0 Å². The van der Waals surface area contributed by atoms with Crippen LogP contribution in [-0.2, 0) is 0 Å². The molecule has 48 valence electrons. The first-order valence-corrected chi connectivity index (χ1v) is 3.28. The van der Waals surface area contributed by atoms with Gasteiger partial charge in [0.2, 0.25) is 0 Å². The van der Waals surface area contributed by atoms with Gasteiger partial charge in [0, 0.05) is 18.6 Å². The highest BCUT2D eigenvalue weighted by Crippen LogP contribution is 2.10. The molecular weight excluding hydrogens is 100 g/mol. The number of nitrogens with zero attached hydrogens (tertiary/aromatic N) is 1. The van der Waals surface area contributed by atoms with Gasteiger partial charge < -0.3 is 0 Å². The first-order chi connectivity index (χ1) is 3.75. The van der Waals surface area contributed by atoms with Crippen LogP contribution in [-0.4, -0.2) is 23.6 Å². The molecule has 1 fully saturated rings. The molecule has 1 saturated heterocycles. The van der Waals surface area contributed by atoms with E-state index in [1.807, 2.05) is 0 Å². The molecule has 0 spiro atoms. The molecule has 2 nitrogen and oxygen atoms in total. The fraction of sp³-hybridized carbons (Fsp3) is 1.00. The highest BCUT2D eigenvalue weighted by Gasteiger charge is 2.28. The van der Waals surface area contributed by atoms with Crippen molar-refractivity contribution in [3.05, 3.63) is 0 Å². The second-order valence-corrected chi connectivity index (χ2v) is 2.44. The van der Waals surface area contributed by atoms with E-state index in [9.17, 15) is 0 Å². The molecule has 1 heterocycles. The minimum Gasteiger partial charge on any atom is -0.250 e. The summed E-state index contributed by atoms with van der Waals surface area (Å²) < 4.78 is 0. The second-order valence-electron chi connectivity index (χ2n) is 2.44. The summed E-state index contributed by atoms with van der Waals surface area (Å²) in [5.41, 5.74) is 3.28. The van der Waals surface area contributed by atoms with Crippen LogP contribution in [0.1, 0.15) is 20.8 Å². The van der Waals surface area contributed by atoms with Crippen LogP contribution in [0, 0.1) is 0 Å². The Morgan fingerprint density at radius 2 is 2.12 bits per heavy atom. The Morgan fingerprint density at radius 1 is 1.50 bits per heavy atom. The van der Waals surface area contributed by atoms with E-state index in [0.29, 0.717) is 6.04 Å². The van der Waals surface area contributed by atoms with Crippen LogP contribution in [0.3, 0.4) is 0 Å². The molecule has 0 aromatic carbocycles. The summed E-state index contributed by atoms with van der Waals surface area (Å²) in [5, 5.41) is 2.24. The van der Waals surface area contributed by atoms with Crippen molar-refractivity contribution >= 4 is 0 Å². The average molecular weight is 114 g/mol. The van der Waals surface area contributed by atoms with Crippen LogP contribution >= 0.6 is 0 Å². The lowest BCUT2D eigenvalue weighted by Crippen LogP contribution is -2.66. The number of nitrogens with one attached hydrogen (secondary N) is 1. The minimum absolute atomic E-state index is 0.690. The molecule has 2 heteroatoms. The summed E-state index contributed by atoms with van der Waals surface area (Å²) in [6.45, 7) is 7.72. The first kappa shape index (κ1) is 6.05. The van der Waals surface area contributed by atoms with Crippen LogP contribution < -0.4 is 5.43 Å². The van der Waals surface area contributed by atoms with Gasteiger partial charge in [0.1, 0.15) is 0 Å². The Bertz CT molecular complexity index is 82.6. The fourth-order valence-corrected chi connectivity index (χ4v) is 1.05. The fourth-order valence-electron chi connectivity index (χ4n) is 1.05. The molecule has 1 aliphatic rings. The normalized spacial score (nSPS) is 39.4. The van der Waals surface area contributed by atoms with Crippen molar-refractivity contribution in [3.8, 4) is 0 Å². The van der Waals surface area contributed by atoms with E-state index in [0.717, 1.165) is 12.6 Å². The minimum atomic E-state index is 0.690. The standard InChI is InChI=1S/C6H14N2/c1-4-8-6(3)5(2)7-8/h5-7H,4H2,1-3H3/t5-,6?/m1/s1. The van der Waals surface area contributed by atoms with Gasteiger partial charge in [-0.25, -0.2) is 5.01 Å². The van der Waals surface area contributed by atoms with Crippen LogP contribution in [0.2, 0.25) is 0 Å². The van der Waals surface area contributed by atoms with Crippen molar-refractivity contribution in [1.82, 2.24) is 10.4 Å². The smallest absolute Gasteiger partial charge is 0.0379 e. The molecule has 1 aliphatic heterocycles. The topological polar surface area (TPSA) is 15.3 Å². The van der Waals surface area contributed by atoms with Gasteiger partial charge in [-0.3, -0.25) is 5.43 Å². The number of hydrogen-bond donors (Lipinski definition) is 1. The van der Waals surface area contributed by atoms with Crippen molar-refractivity contribution in [2.75, 3.05) is 6.54 Å². The zero-order valence-corrected chi connectivity index (χ0v) is 5.81. The van der Waals surface area contributed by atoms with E-state index in [-0.39, 0.29) is 0 Å². The van der Waals surface area contributed by atoms with Gasteiger partial charge in [0.15, 0.2) is 0 Å². The number of rotatable bonds is 1. The van der Waals surface area contributed by atoms with Gasteiger partial charge >= 0.3 is 0 Å². The highest BCUT2D eigenvalue weighted by atomic mass is 15.6. The molecule has 1 unspecified atom stereocenters. The quantitative estimate of drug-likeness (QED) is 0.537. The van der Waals surface area contributed by atoms with Crippen LogP contribution in [0.15, 0.2) is 0 Å². The average Bonchev–Trinajstić information content (AvgIpc) is 1.81. The van der Waals surface area contributed by atoms with Crippen molar-refractivity contribution in [2.45, 2.75) is 32.9 Å².